The van der Waals surface area contributed by atoms with Gasteiger partial charge in [0.2, 0.25) is 0 Å². The lowest BCUT2D eigenvalue weighted by Gasteiger charge is -2.22. The van der Waals surface area contributed by atoms with Crippen molar-refractivity contribution >= 4 is 0 Å². The van der Waals surface area contributed by atoms with Crippen molar-refractivity contribution in [1.82, 2.24) is 14.9 Å². The maximum atomic E-state index is 6.16. The Morgan fingerprint density at radius 3 is 3.00 bits per heavy atom. The molecule has 0 saturated carbocycles. The highest BCUT2D eigenvalue weighted by atomic mass is 16.5. The molecule has 3 rings (SSSR count). The van der Waals surface area contributed by atoms with Crippen molar-refractivity contribution in [3.05, 3.63) is 41.5 Å². The number of aromatic nitrogens is 2. The van der Waals surface area contributed by atoms with E-state index in [0.29, 0.717) is 0 Å². The average Bonchev–Trinajstić information content (AvgIpc) is 2.83. The largest absolute Gasteiger partial charge is 0.497 e. The van der Waals surface area contributed by atoms with Crippen LogP contribution in [0.5, 0.6) is 11.5 Å². The molecule has 0 aliphatic carbocycles. The molecule has 0 saturated heterocycles. The van der Waals surface area contributed by atoms with Crippen molar-refractivity contribution in [2.45, 2.75) is 39.5 Å². The highest BCUT2D eigenvalue weighted by molar-refractivity contribution is 5.41. The van der Waals surface area contributed by atoms with Crippen molar-refractivity contribution < 1.29 is 9.47 Å². The molecule has 2 aromatic rings. The summed E-state index contributed by atoms with van der Waals surface area (Å²) in [5.41, 5.74) is 3.40. The molecule has 118 valence electrons. The predicted molar refractivity (Wildman–Crippen MR) is 85.1 cm³/mol. The minimum Gasteiger partial charge on any atom is -0.497 e. The Morgan fingerprint density at radius 2 is 2.32 bits per heavy atom. The molecule has 1 aliphatic heterocycles. The molecule has 5 heteroatoms. The Hall–Kier alpha value is -2.01. The first-order valence-corrected chi connectivity index (χ1v) is 7.74. The summed E-state index contributed by atoms with van der Waals surface area (Å²) in [5, 5.41) is 0. The van der Waals surface area contributed by atoms with Crippen LogP contribution >= 0.6 is 0 Å². The maximum absolute atomic E-state index is 6.16. The van der Waals surface area contributed by atoms with Crippen LogP contribution in [0.1, 0.15) is 30.3 Å². The Labute approximate surface area is 131 Å². The molecule has 2 heterocycles. The number of rotatable bonds is 4. The lowest BCUT2D eigenvalue weighted by Crippen LogP contribution is -2.32. The van der Waals surface area contributed by atoms with Crippen LogP contribution in [0.4, 0.5) is 0 Å². The second kappa shape index (κ2) is 6.40. The third kappa shape index (κ3) is 3.09. The zero-order valence-electron chi connectivity index (χ0n) is 13.4. The van der Waals surface area contributed by atoms with Crippen LogP contribution in [0.3, 0.4) is 0 Å². The molecule has 0 unspecified atom stereocenters. The van der Waals surface area contributed by atoms with Crippen LogP contribution in [0.2, 0.25) is 0 Å². The smallest absolute Gasteiger partial charge is 0.124 e. The summed E-state index contributed by atoms with van der Waals surface area (Å²) in [4.78, 5) is 9.96. The molecule has 1 atom stereocenters. The first kappa shape index (κ1) is 14.9. The van der Waals surface area contributed by atoms with Crippen LogP contribution in [-0.4, -0.2) is 34.6 Å². The van der Waals surface area contributed by atoms with Crippen LogP contribution in [-0.2, 0) is 13.1 Å². The van der Waals surface area contributed by atoms with Gasteiger partial charge in [-0.3, -0.25) is 4.90 Å². The summed E-state index contributed by atoms with van der Waals surface area (Å²) in [5.74, 6) is 1.84. The summed E-state index contributed by atoms with van der Waals surface area (Å²) in [6.07, 6.45) is 2.95. The number of benzene rings is 1. The molecule has 22 heavy (non-hydrogen) atoms. The molecule has 0 spiro atoms. The van der Waals surface area contributed by atoms with Crippen LogP contribution in [0.25, 0.3) is 0 Å². The Bertz CT molecular complexity index is 639. The molecule has 1 aromatic heterocycles. The van der Waals surface area contributed by atoms with Crippen molar-refractivity contribution in [1.29, 1.82) is 0 Å². The number of imidazole rings is 1. The maximum Gasteiger partial charge on any atom is 0.124 e. The van der Waals surface area contributed by atoms with Gasteiger partial charge in [-0.15, -0.1) is 0 Å². The number of methoxy groups -OCH3 is 1. The fraction of sp³-hybridized carbons (Fsp3) is 0.471. The van der Waals surface area contributed by atoms with Gasteiger partial charge >= 0.3 is 0 Å². The zero-order chi connectivity index (χ0) is 15.5. The normalized spacial score (nSPS) is 18.4. The van der Waals surface area contributed by atoms with E-state index >= 15 is 0 Å². The van der Waals surface area contributed by atoms with Gasteiger partial charge in [0.25, 0.3) is 0 Å². The van der Waals surface area contributed by atoms with E-state index in [2.05, 4.69) is 34.8 Å². The SMILES string of the molecule is CC[C@H]1CN(Cc2nc[nH]c2C)Cc2cc(OC)ccc2O1. The topological polar surface area (TPSA) is 50.4 Å². The van der Waals surface area contributed by atoms with Gasteiger partial charge in [0.05, 0.1) is 19.1 Å². The molecular weight excluding hydrogens is 278 g/mol. The van der Waals surface area contributed by atoms with Gasteiger partial charge in [0, 0.05) is 30.9 Å². The standard InChI is InChI=1S/C17H23N3O2/c1-4-14-9-20(10-16-12(2)18-11-19-16)8-13-7-15(21-3)5-6-17(13)22-14/h5-7,11,14H,4,8-10H2,1-3H3,(H,18,19)/t14-/m0/s1. The third-order valence-electron chi connectivity index (χ3n) is 4.18. The summed E-state index contributed by atoms with van der Waals surface area (Å²) in [6.45, 7) is 6.79. The Morgan fingerprint density at radius 1 is 1.45 bits per heavy atom. The van der Waals surface area contributed by atoms with Gasteiger partial charge < -0.3 is 14.5 Å². The highest BCUT2D eigenvalue weighted by Gasteiger charge is 2.23. The van der Waals surface area contributed by atoms with Crippen LogP contribution in [0.15, 0.2) is 24.5 Å². The van der Waals surface area contributed by atoms with E-state index in [0.717, 1.165) is 48.9 Å². The first-order valence-electron chi connectivity index (χ1n) is 7.74. The summed E-state index contributed by atoms with van der Waals surface area (Å²) < 4.78 is 11.5. The molecule has 5 nitrogen and oxygen atoms in total. The van der Waals surface area contributed by atoms with E-state index in [9.17, 15) is 0 Å². The average molecular weight is 301 g/mol. The quantitative estimate of drug-likeness (QED) is 0.943. The molecule has 1 aliphatic rings. The van der Waals surface area contributed by atoms with E-state index in [1.807, 2.05) is 12.1 Å². The molecule has 0 fully saturated rings. The molecule has 0 bridgehead atoms. The van der Waals surface area contributed by atoms with Crippen molar-refractivity contribution in [3.63, 3.8) is 0 Å². The van der Waals surface area contributed by atoms with E-state index in [4.69, 9.17) is 9.47 Å². The number of aromatic amines is 1. The van der Waals surface area contributed by atoms with Gasteiger partial charge in [-0.05, 0) is 31.5 Å². The van der Waals surface area contributed by atoms with Crippen LogP contribution in [0, 0.1) is 6.92 Å². The fourth-order valence-corrected chi connectivity index (χ4v) is 2.82. The number of H-pyrrole nitrogens is 1. The van der Waals surface area contributed by atoms with E-state index < -0.39 is 0 Å². The molecule has 0 radical (unpaired) electrons. The minimum atomic E-state index is 0.203. The fourth-order valence-electron chi connectivity index (χ4n) is 2.82. The number of fused-ring (bicyclic) bond motifs is 1. The number of aryl methyl sites for hydroxylation is 1. The second-order valence-electron chi connectivity index (χ2n) is 5.77. The van der Waals surface area contributed by atoms with Gasteiger partial charge in [0.1, 0.15) is 17.6 Å². The zero-order valence-corrected chi connectivity index (χ0v) is 13.4. The second-order valence-corrected chi connectivity index (χ2v) is 5.77. The lowest BCUT2D eigenvalue weighted by atomic mass is 10.1. The third-order valence-corrected chi connectivity index (χ3v) is 4.18. The van der Waals surface area contributed by atoms with Crippen molar-refractivity contribution in [3.8, 4) is 11.5 Å². The first-order chi connectivity index (χ1) is 10.7. The summed E-state index contributed by atoms with van der Waals surface area (Å²) >= 11 is 0. The Balaban J connectivity index is 1.86. The monoisotopic (exact) mass is 301 g/mol. The number of hydrogen-bond donors (Lipinski definition) is 1. The van der Waals surface area contributed by atoms with Crippen LogP contribution < -0.4 is 9.47 Å². The molecule has 1 N–H and O–H groups in total. The van der Waals surface area contributed by atoms with Crippen molar-refractivity contribution in [2.24, 2.45) is 0 Å². The molecule has 0 amide bonds. The lowest BCUT2D eigenvalue weighted by molar-refractivity contribution is 0.138. The van der Waals surface area contributed by atoms with Gasteiger partial charge in [-0.2, -0.15) is 0 Å². The minimum absolute atomic E-state index is 0.203. The van der Waals surface area contributed by atoms with E-state index in [-0.39, 0.29) is 6.10 Å². The number of hydrogen-bond acceptors (Lipinski definition) is 4. The number of nitrogens with zero attached hydrogens (tertiary/aromatic N) is 2. The van der Waals surface area contributed by atoms with E-state index in [1.165, 1.54) is 5.56 Å². The van der Waals surface area contributed by atoms with Gasteiger partial charge in [-0.25, -0.2) is 4.98 Å². The van der Waals surface area contributed by atoms with Gasteiger partial charge in [0.15, 0.2) is 0 Å². The molecular formula is C17H23N3O2. The van der Waals surface area contributed by atoms with Crippen molar-refractivity contribution in [2.75, 3.05) is 13.7 Å². The Kier molecular flexibility index (Phi) is 4.34. The summed E-state index contributed by atoms with van der Waals surface area (Å²) in [6, 6.07) is 6.04. The highest BCUT2D eigenvalue weighted by Crippen LogP contribution is 2.30. The summed E-state index contributed by atoms with van der Waals surface area (Å²) in [7, 11) is 1.69. The molecule has 1 aromatic carbocycles. The number of nitrogens with one attached hydrogen (secondary N) is 1. The van der Waals surface area contributed by atoms with Gasteiger partial charge in [-0.1, -0.05) is 6.92 Å². The van der Waals surface area contributed by atoms with E-state index in [1.54, 1.807) is 13.4 Å². The predicted octanol–water partition coefficient (Wildman–Crippen LogP) is 2.90. The number of ether oxygens (including phenoxy) is 2.